The molecule has 1 unspecified atom stereocenters. The first-order chi connectivity index (χ1) is 7.32. The second kappa shape index (κ2) is 5.03. The van der Waals surface area contributed by atoms with E-state index in [1.54, 1.807) is 4.90 Å². The SMILES string of the molecule is CC(C)CN=C(N)N(C)C1CCS(=O)(=O)C1. The molecule has 1 rings (SSSR count). The highest BCUT2D eigenvalue weighted by molar-refractivity contribution is 7.91. The molecule has 2 N–H and O–H groups in total. The molecule has 1 aliphatic heterocycles. The van der Waals surface area contributed by atoms with E-state index in [4.69, 9.17) is 5.73 Å². The Labute approximate surface area is 97.6 Å². The summed E-state index contributed by atoms with van der Waals surface area (Å²) < 4.78 is 22.7. The minimum atomic E-state index is -2.86. The van der Waals surface area contributed by atoms with Crippen LogP contribution in [0.3, 0.4) is 0 Å². The molecule has 0 aromatic heterocycles. The van der Waals surface area contributed by atoms with Crippen molar-refractivity contribution in [3.63, 3.8) is 0 Å². The van der Waals surface area contributed by atoms with E-state index in [1.807, 2.05) is 7.05 Å². The molecule has 1 saturated heterocycles. The zero-order valence-corrected chi connectivity index (χ0v) is 11.0. The van der Waals surface area contributed by atoms with Crippen LogP contribution in [0.2, 0.25) is 0 Å². The maximum absolute atomic E-state index is 11.3. The zero-order valence-electron chi connectivity index (χ0n) is 10.2. The molecule has 0 bridgehead atoms. The van der Waals surface area contributed by atoms with E-state index in [1.165, 1.54) is 0 Å². The van der Waals surface area contributed by atoms with Gasteiger partial charge in [-0.1, -0.05) is 13.8 Å². The average Bonchev–Trinajstić information content (AvgIpc) is 2.54. The van der Waals surface area contributed by atoms with Crippen LogP contribution >= 0.6 is 0 Å². The minimum absolute atomic E-state index is 0.0130. The average molecular weight is 247 g/mol. The fourth-order valence-corrected chi connectivity index (χ4v) is 3.43. The van der Waals surface area contributed by atoms with Crippen LogP contribution in [0.25, 0.3) is 0 Å². The van der Waals surface area contributed by atoms with Crippen LogP contribution in [0.4, 0.5) is 0 Å². The number of hydrogen-bond donors (Lipinski definition) is 1. The second-order valence-electron chi connectivity index (χ2n) is 4.76. The van der Waals surface area contributed by atoms with E-state index >= 15 is 0 Å². The molecule has 16 heavy (non-hydrogen) atoms. The molecule has 0 aromatic rings. The smallest absolute Gasteiger partial charge is 0.191 e. The highest BCUT2D eigenvalue weighted by atomic mass is 32.2. The van der Waals surface area contributed by atoms with E-state index in [0.717, 1.165) is 0 Å². The van der Waals surface area contributed by atoms with Crippen LogP contribution in [-0.4, -0.2) is 50.4 Å². The molecule has 1 atom stereocenters. The van der Waals surface area contributed by atoms with Gasteiger partial charge in [0.25, 0.3) is 0 Å². The van der Waals surface area contributed by atoms with Crippen molar-refractivity contribution in [2.24, 2.45) is 16.6 Å². The van der Waals surface area contributed by atoms with Gasteiger partial charge < -0.3 is 10.6 Å². The molecular formula is C10H21N3O2S. The lowest BCUT2D eigenvalue weighted by atomic mass is 10.2. The molecular weight excluding hydrogens is 226 g/mol. The Hall–Kier alpha value is -0.780. The van der Waals surface area contributed by atoms with E-state index in [-0.39, 0.29) is 17.5 Å². The van der Waals surface area contributed by atoms with Crippen LogP contribution in [0.15, 0.2) is 4.99 Å². The lowest BCUT2D eigenvalue weighted by Crippen LogP contribution is -2.42. The number of aliphatic imine (C=N–C) groups is 1. The van der Waals surface area contributed by atoms with Crippen molar-refractivity contribution >= 4 is 15.8 Å². The molecule has 0 aromatic carbocycles. The number of sulfone groups is 1. The quantitative estimate of drug-likeness (QED) is 0.566. The second-order valence-corrected chi connectivity index (χ2v) is 6.99. The normalized spacial score (nSPS) is 25.0. The number of guanidine groups is 1. The van der Waals surface area contributed by atoms with Crippen molar-refractivity contribution in [2.45, 2.75) is 26.3 Å². The molecule has 0 spiro atoms. The summed E-state index contributed by atoms with van der Waals surface area (Å²) in [6.07, 6.45) is 0.650. The third kappa shape index (κ3) is 3.66. The first kappa shape index (κ1) is 13.3. The van der Waals surface area contributed by atoms with Gasteiger partial charge in [0, 0.05) is 19.6 Å². The first-order valence-corrected chi connectivity index (χ1v) is 7.37. The lowest BCUT2D eigenvalue weighted by Gasteiger charge is -2.24. The number of nitrogens with zero attached hydrogens (tertiary/aromatic N) is 2. The van der Waals surface area contributed by atoms with Gasteiger partial charge in [0.05, 0.1) is 11.5 Å². The summed E-state index contributed by atoms with van der Waals surface area (Å²) in [5.74, 6) is 1.36. The van der Waals surface area contributed by atoms with Gasteiger partial charge in [0.2, 0.25) is 0 Å². The van der Waals surface area contributed by atoms with Gasteiger partial charge in [-0.05, 0) is 12.3 Å². The Morgan fingerprint density at radius 3 is 2.62 bits per heavy atom. The summed E-state index contributed by atoms with van der Waals surface area (Å²) in [5, 5.41) is 0. The topological polar surface area (TPSA) is 75.8 Å². The standard InChI is InChI=1S/C10H21N3O2S/c1-8(2)6-12-10(11)13(3)9-4-5-16(14,15)7-9/h8-9H,4-7H2,1-3H3,(H2,11,12). The molecule has 0 amide bonds. The number of hydrogen-bond acceptors (Lipinski definition) is 3. The predicted octanol–water partition coefficient (Wildman–Crippen LogP) is 0.0760. The van der Waals surface area contributed by atoms with Crippen LogP contribution in [-0.2, 0) is 9.84 Å². The molecule has 5 nitrogen and oxygen atoms in total. The number of rotatable bonds is 3. The Bertz CT molecular complexity index is 362. The molecule has 0 saturated carbocycles. The van der Waals surface area contributed by atoms with Crippen molar-refractivity contribution in [3.8, 4) is 0 Å². The Morgan fingerprint density at radius 1 is 1.56 bits per heavy atom. The van der Waals surface area contributed by atoms with Crippen LogP contribution in [0.1, 0.15) is 20.3 Å². The summed E-state index contributed by atoms with van der Waals surface area (Å²) in [4.78, 5) is 6.03. The van der Waals surface area contributed by atoms with Crippen LogP contribution in [0, 0.1) is 5.92 Å². The molecule has 1 heterocycles. The molecule has 1 fully saturated rings. The molecule has 1 aliphatic rings. The largest absolute Gasteiger partial charge is 0.370 e. The van der Waals surface area contributed by atoms with Gasteiger partial charge >= 0.3 is 0 Å². The predicted molar refractivity (Wildman–Crippen MR) is 66.1 cm³/mol. The van der Waals surface area contributed by atoms with Crippen LogP contribution in [0.5, 0.6) is 0 Å². The Balaban J connectivity index is 2.58. The summed E-state index contributed by atoms with van der Waals surface area (Å²) >= 11 is 0. The van der Waals surface area contributed by atoms with Gasteiger partial charge in [-0.3, -0.25) is 4.99 Å². The summed E-state index contributed by atoms with van der Waals surface area (Å²) in [5.41, 5.74) is 5.82. The van der Waals surface area contributed by atoms with Crippen molar-refractivity contribution in [3.05, 3.63) is 0 Å². The molecule has 6 heteroatoms. The van der Waals surface area contributed by atoms with E-state index < -0.39 is 9.84 Å². The fraction of sp³-hybridized carbons (Fsp3) is 0.900. The first-order valence-electron chi connectivity index (χ1n) is 5.55. The fourth-order valence-electron chi connectivity index (χ4n) is 1.66. The lowest BCUT2D eigenvalue weighted by molar-refractivity contribution is 0.390. The Morgan fingerprint density at radius 2 is 2.19 bits per heavy atom. The molecule has 0 aliphatic carbocycles. The summed E-state index contributed by atoms with van der Waals surface area (Å²) in [6.45, 7) is 4.81. The number of nitrogens with two attached hydrogens (primary N) is 1. The van der Waals surface area contributed by atoms with Crippen molar-refractivity contribution < 1.29 is 8.42 Å². The summed E-state index contributed by atoms with van der Waals surface area (Å²) in [6, 6.07) is -0.0130. The van der Waals surface area contributed by atoms with Crippen molar-refractivity contribution in [1.82, 2.24) is 4.90 Å². The molecule has 94 valence electrons. The zero-order chi connectivity index (χ0) is 12.3. The van der Waals surface area contributed by atoms with Gasteiger partial charge in [-0.25, -0.2) is 8.42 Å². The summed E-state index contributed by atoms with van der Waals surface area (Å²) in [7, 11) is -1.05. The van der Waals surface area contributed by atoms with Gasteiger partial charge in [0.15, 0.2) is 15.8 Å². The third-order valence-corrected chi connectivity index (χ3v) is 4.49. The van der Waals surface area contributed by atoms with Gasteiger partial charge in [0.1, 0.15) is 0 Å². The van der Waals surface area contributed by atoms with E-state index in [9.17, 15) is 8.42 Å². The maximum Gasteiger partial charge on any atom is 0.191 e. The highest BCUT2D eigenvalue weighted by Crippen LogP contribution is 2.16. The van der Waals surface area contributed by atoms with Gasteiger partial charge in [-0.2, -0.15) is 0 Å². The van der Waals surface area contributed by atoms with E-state index in [2.05, 4.69) is 18.8 Å². The van der Waals surface area contributed by atoms with Gasteiger partial charge in [-0.15, -0.1) is 0 Å². The highest BCUT2D eigenvalue weighted by Gasteiger charge is 2.31. The van der Waals surface area contributed by atoms with Crippen molar-refractivity contribution in [1.29, 1.82) is 0 Å². The maximum atomic E-state index is 11.3. The van der Waals surface area contributed by atoms with Crippen LogP contribution < -0.4 is 5.73 Å². The monoisotopic (exact) mass is 247 g/mol. The Kier molecular flexibility index (Phi) is 4.18. The third-order valence-electron chi connectivity index (χ3n) is 2.74. The molecule has 0 radical (unpaired) electrons. The van der Waals surface area contributed by atoms with Crippen molar-refractivity contribution in [2.75, 3.05) is 25.1 Å². The minimum Gasteiger partial charge on any atom is -0.370 e. The van der Waals surface area contributed by atoms with E-state index in [0.29, 0.717) is 24.8 Å².